The normalized spacial score (nSPS) is 38.0. The lowest BCUT2D eigenvalue weighted by Crippen LogP contribution is -2.45. The number of nitrogens with one attached hydrogen (secondary N) is 1. The highest BCUT2D eigenvalue weighted by molar-refractivity contribution is 5.76. The van der Waals surface area contributed by atoms with Gasteiger partial charge in [0.25, 0.3) is 0 Å². The minimum Gasteiger partial charge on any atom is -0.353 e. The highest BCUT2D eigenvalue weighted by Gasteiger charge is 2.49. The fraction of sp³-hybridized carbons (Fsp3) is 0.720. The Morgan fingerprint density at radius 3 is 2.61 bits per heavy atom. The Bertz CT molecular complexity index is 666. The summed E-state index contributed by atoms with van der Waals surface area (Å²) in [5.74, 6) is 0.930. The topological polar surface area (TPSA) is 55.1 Å². The molecule has 1 amide bonds. The first-order valence-electron chi connectivity index (χ1n) is 11.6. The second kappa shape index (κ2) is 8.18. The second-order valence-corrected chi connectivity index (χ2v) is 10.5. The van der Waals surface area contributed by atoms with E-state index < -0.39 is 0 Å². The molecule has 3 aliphatic carbocycles. The summed E-state index contributed by atoms with van der Waals surface area (Å²) in [6.07, 6.45) is 13.8. The number of nitrogens with two attached hydrogens (primary N) is 1. The third-order valence-corrected chi connectivity index (χ3v) is 7.96. The van der Waals surface area contributed by atoms with Crippen LogP contribution in [0.4, 0.5) is 0 Å². The van der Waals surface area contributed by atoms with Crippen LogP contribution in [-0.2, 0) is 10.2 Å². The Morgan fingerprint density at radius 1 is 1.11 bits per heavy atom. The first kappa shape index (κ1) is 19.9. The van der Waals surface area contributed by atoms with Gasteiger partial charge >= 0.3 is 0 Å². The number of rotatable bonds is 5. The average Bonchev–Trinajstić information content (AvgIpc) is 2.68. The van der Waals surface area contributed by atoms with Crippen LogP contribution in [-0.4, -0.2) is 18.0 Å². The molecule has 0 aliphatic heterocycles. The third-order valence-electron chi connectivity index (χ3n) is 7.96. The van der Waals surface area contributed by atoms with Crippen LogP contribution in [0, 0.1) is 11.3 Å². The van der Waals surface area contributed by atoms with Gasteiger partial charge in [-0.25, -0.2) is 0 Å². The molecule has 3 nitrogen and oxygen atoms in total. The maximum Gasteiger partial charge on any atom is 0.220 e. The number of benzene rings is 1. The molecule has 3 N–H and O–H groups in total. The Kier molecular flexibility index (Phi) is 5.83. The predicted molar refractivity (Wildman–Crippen MR) is 115 cm³/mol. The van der Waals surface area contributed by atoms with Gasteiger partial charge < -0.3 is 11.1 Å². The van der Waals surface area contributed by atoms with Gasteiger partial charge in [0, 0.05) is 18.5 Å². The van der Waals surface area contributed by atoms with Crippen molar-refractivity contribution >= 4 is 5.91 Å². The Labute approximate surface area is 170 Å². The van der Waals surface area contributed by atoms with Gasteiger partial charge in [0.15, 0.2) is 0 Å². The third kappa shape index (κ3) is 4.45. The first-order valence-corrected chi connectivity index (χ1v) is 11.6. The molecule has 28 heavy (non-hydrogen) atoms. The van der Waals surface area contributed by atoms with Crippen molar-refractivity contribution in [1.29, 1.82) is 0 Å². The number of fused-ring (bicyclic) bond motifs is 2. The molecular weight excluding hydrogens is 344 g/mol. The molecule has 0 radical (unpaired) electrons. The molecule has 1 aromatic rings. The van der Waals surface area contributed by atoms with Crippen LogP contribution in [0.5, 0.6) is 0 Å². The van der Waals surface area contributed by atoms with E-state index in [-0.39, 0.29) is 5.91 Å². The summed E-state index contributed by atoms with van der Waals surface area (Å²) in [5.41, 5.74) is 8.32. The first-order chi connectivity index (χ1) is 13.5. The summed E-state index contributed by atoms with van der Waals surface area (Å²) in [5, 5.41) is 3.29. The molecule has 154 valence electrons. The van der Waals surface area contributed by atoms with Crippen LogP contribution in [0.15, 0.2) is 30.3 Å². The molecule has 3 aliphatic rings. The molecule has 0 spiro atoms. The number of hydrogen-bond donors (Lipinski definition) is 2. The summed E-state index contributed by atoms with van der Waals surface area (Å²) in [4.78, 5) is 12.6. The summed E-state index contributed by atoms with van der Waals surface area (Å²) in [6.45, 7) is 2.50. The standard InChI is InChI=1S/C25H38N2O/c1-24-14-5-15-25(18-24,20-6-3-2-4-7-20)17-19(16-24)8-13-23(28)27-22-11-9-21(26)10-12-22/h2-4,6-7,19,21-22H,5,8-18,26H2,1H3,(H,27,28). The van der Waals surface area contributed by atoms with E-state index in [4.69, 9.17) is 5.73 Å². The molecule has 4 rings (SSSR count). The quantitative estimate of drug-likeness (QED) is 0.746. The van der Waals surface area contributed by atoms with Crippen molar-refractivity contribution in [2.24, 2.45) is 17.1 Å². The molecule has 0 heterocycles. The number of hydrogen-bond acceptors (Lipinski definition) is 2. The maximum atomic E-state index is 12.6. The van der Waals surface area contributed by atoms with Crippen LogP contribution in [0.1, 0.15) is 89.5 Å². The highest BCUT2D eigenvalue weighted by Crippen LogP contribution is 2.58. The molecule has 3 unspecified atom stereocenters. The van der Waals surface area contributed by atoms with Crippen molar-refractivity contribution < 1.29 is 4.79 Å². The second-order valence-electron chi connectivity index (χ2n) is 10.5. The van der Waals surface area contributed by atoms with Gasteiger partial charge in [0.05, 0.1) is 0 Å². The molecule has 1 aromatic carbocycles. The molecule has 2 bridgehead atoms. The monoisotopic (exact) mass is 382 g/mol. The Balaban J connectivity index is 1.36. The van der Waals surface area contributed by atoms with Crippen molar-refractivity contribution in [1.82, 2.24) is 5.32 Å². The molecule has 3 saturated carbocycles. The lowest BCUT2D eigenvalue weighted by Gasteiger charge is -2.54. The molecular formula is C25H38N2O. The van der Waals surface area contributed by atoms with Crippen molar-refractivity contribution in [2.45, 2.75) is 101 Å². The van der Waals surface area contributed by atoms with Crippen LogP contribution in [0.3, 0.4) is 0 Å². The van der Waals surface area contributed by atoms with Gasteiger partial charge in [-0.05, 0) is 86.5 Å². The van der Waals surface area contributed by atoms with Gasteiger partial charge in [0.1, 0.15) is 0 Å². The largest absolute Gasteiger partial charge is 0.353 e. The smallest absolute Gasteiger partial charge is 0.220 e. The van der Waals surface area contributed by atoms with E-state index in [1.54, 1.807) is 0 Å². The van der Waals surface area contributed by atoms with E-state index in [1.165, 1.54) is 44.1 Å². The SMILES string of the molecule is CC12CCCC(c3ccccc3)(CC(CCC(=O)NC3CCC(N)CC3)C1)C2. The van der Waals surface area contributed by atoms with Crippen molar-refractivity contribution in [3.8, 4) is 0 Å². The van der Waals surface area contributed by atoms with Crippen LogP contribution in [0.2, 0.25) is 0 Å². The van der Waals surface area contributed by atoms with Crippen molar-refractivity contribution in [3.05, 3.63) is 35.9 Å². The molecule has 0 aromatic heterocycles. The van der Waals surface area contributed by atoms with E-state index in [9.17, 15) is 4.79 Å². The van der Waals surface area contributed by atoms with Gasteiger partial charge in [-0.3, -0.25) is 4.79 Å². The van der Waals surface area contributed by atoms with E-state index >= 15 is 0 Å². The van der Waals surface area contributed by atoms with E-state index in [0.717, 1.165) is 32.1 Å². The summed E-state index contributed by atoms with van der Waals surface area (Å²) < 4.78 is 0. The highest BCUT2D eigenvalue weighted by atomic mass is 16.1. The number of carbonyl (C=O) groups is 1. The zero-order chi connectivity index (χ0) is 19.6. The van der Waals surface area contributed by atoms with E-state index in [2.05, 4.69) is 42.6 Å². The van der Waals surface area contributed by atoms with Crippen LogP contribution in [0.25, 0.3) is 0 Å². The van der Waals surface area contributed by atoms with Gasteiger partial charge in [-0.15, -0.1) is 0 Å². The van der Waals surface area contributed by atoms with Crippen molar-refractivity contribution in [2.75, 3.05) is 0 Å². The van der Waals surface area contributed by atoms with Crippen molar-refractivity contribution in [3.63, 3.8) is 0 Å². The van der Waals surface area contributed by atoms with Gasteiger partial charge in [-0.1, -0.05) is 43.7 Å². The molecule has 3 fully saturated rings. The Hall–Kier alpha value is -1.35. The predicted octanol–water partition coefficient (Wildman–Crippen LogP) is 5.08. The fourth-order valence-corrected chi connectivity index (χ4v) is 6.78. The fourth-order valence-electron chi connectivity index (χ4n) is 6.78. The zero-order valence-electron chi connectivity index (χ0n) is 17.6. The van der Waals surface area contributed by atoms with Crippen LogP contribution < -0.4 is 11.1 Å². The lowest BCUT2D eigenvalue weighted by atomic mass is 9.50. The molecule has 3 atom stereocenters. The Morgan fingerprint density at radius 2 is 1.86 bits per heavy atom. The molecule has 0 saturated heterocycles. The zero-order valence-corrected chi connectivity index (χ0v) is 17.6. The number of amides is 1. The van der Waals surface area contributed by atoms with Gasteiger partial charge in [-0.2, -0.15) is 0 Å². The molecule has 3 heteroatoms. The van der Waals surface area contributed by atoms with E-state index in [0.29, 0.717) is 35.3 Å². The van der Waals surface area contributed by atoms with Gasteiger partial charge in [0.2, 0.25) is 5.91 Å². The average molecular weight is 383 g/mol. The minimum absolute atomic E-state index is 0.259. The maximum absolute atomic E-state index is 12.6. The summed E-state index contributed by atoms with van der Waals surface area (Å²) in [7, 11) is 0. The minimum atomic E-state index is 0.259. The summed E-state index contributed by atoms with van der Waals surface area (Å²) in [6, 6.07) is 11.9. The van der Waals surface area contributed by atoms with Crippen LogP contribution >= 0.6 is 0 Å². The summed E-state index contributed by atoms with van der Waals surface area (Å²) >= 11 is 0. The van der Waals surface area contributed by atoms with E-state index in [1.807, 2.05) is 0 Å². The lowest BCUT2D eigenvalue weighted by molar-refractivity contribution is -0.122. The number of carbonyl (C=O) groups excluding carboxylic acids is 1.